The number of carbonyl (C=O) groups is 1. The van der Waals surface area contributed by atoms with E-state index in [0.717, 1.165) is 37.3 Å². The van der Waals surface area contributed by atoms with Gasteiger partial charge in [-0.15, -0.1) is 0 Å². The van der Waals surface area contributed by atoms with Crippen LogP contribution in [0, 0.1) is 0 Å². The van der Waals surface area contributed by atoms with Crippen LogP contribution >= 0.6 is 0 Å². The Labute approximate surface area is 269 Å². The smallest absolute Gasteiger partial charge is 0.201 e. The van der Waals surface area contributed by atoms with E-state index in [1.54, 1.807) is 0 Å². The average Bonchev–Trinajstić information content (AvgIpc) is 3.04. The van der Waals surface area contributed by atoms with Crippen LogP contribution in [0.4, 0.5) is 5.69 Å². The Hall–Kier alpha value is -2.88. The first kappa shape index (κ1) is 35.6. The number of hydrogen-bond acceptors (Lipinski definition) is 3. The van der Waals surface area contributed by atoms with E-state index in [4.69, 9.17) is 0 Å². The third kappa shape index (κ3) is 10.6. The number of nitrogens with zero attached hydrogens (tertiary/aromatic N) is 2. The van der Waals surface area contributed by atoms with Crippen molar-refractivity contribution in [2.24, 2.45) is 0 Å². The van der Waals surface area contributed by atoms with Gasteiger partial charge in [0.25, 0.3) is 0 Å². The molecule has 0 fully saturated rings. The summed E-state index contributed by atoms with van der Waals surface area (Å²) in [5, 5.41) is 11.1. The van der Waals surface area contributed by atoms with E-state index in [9.17, 15) is 9.90 Å². The third-order valence-electron chi connectivity index (χ3n) is 9.10. The molecule has 242 valence electrons. The van der Waals surface area contributed by atoms with Crippen molar-refractivity contribution in [3.8, 4) is 0 Å². The number of unbranched alkanes of at least 4 members (excludes halogenated alkanes) is 12. The molecule has 2 aliphatic carbocycles. The summed E-state index contributed by atoms with van der Waals surface area (Å²) in [5.74, 6) is 0.0671. The van der Waals surface area contributed by atoms with Crippen LogP contribution in [0.3, 0.4) is 0 Å². The van der Waals surface area contributed by atoms with Crippen molar-refractivity contribution >= 4 is 22.8 Å². The van der Waals surface area contributed by atoms with Crippen LogP contribution < -0.4 is 4.90 Å². The molecule has 0 saturated heterocycles. The first-order valence-electron chi connectivity index (χ1n) is 18.1. The second-order valence-electron chi connectivity index (χ2n) is 12.7. The predicted molar refractivity (Wildman–Crippen MR) is 190 cm³/mol. The molecular weight excluding hydrogens is 540 g/mol. The molecule has 1 aromatic rings. The number of Topliss-reactive ketones (excluding diaryl/α,β-unsaturated/α-hetero) is 1. The maximum atomic E-state index is 13.3. The molecule has 1 aromatic carbocycles. The number of carbonyl (C=O) groups excluding carboxylic acids is 1. The minimum Gasteiger partial charge on any atom is -0.506 e. The highest BCUT2D eigenvalue weighted by molar-refractivity contribution is 6.39. The molecule has 2 aliphatic rings. The van der Waals surface area contributed by atoms with Crippen molar-refractivity contribution < 1.29 is 14.5 Å². The average molecular weight is 602 g/mol. The molecule has 1 N–H and O–H groups in total. The molecule has 0 spiro atoms. The number of allylic oxidation sites excluding steroid dienone is 7. The van der Waals surface area contributed by atoms with Gasteiger partial charge in [-0.05, 0) is 61.1 Å². The summed E-state index contributed by atoms with van der Waals surface area (Å²) in [7, 11) is 0. The molecule has 0 unspecified atom stereocenters. The fraction of sp³-hybridized carbons (Fsp3) is 0.600. The van der Waals surface area contributed by atoms with Gasteiger partial charge in [0.15, 0.2) is 5.71 Å². The van der Waals surface area contributed by atoms with Crippen molar-refractivity contribution in [1.29, 1.82) is 0 Å². The Kier molecular flexibility index (Phi) is 16.3. The number of benzene rings is 1. The molecule has 0 saturated carbocycles. The zero-order valence-corrected chi connectivity index (χ0v) is 28.5. The van der Waals surface area contributed by atoms with Crippen LogP contribution in [-0.4, -0.2) is 47.4 Å². The quantitative estimate of drug-likeness (QED) is 0.0817. The number of aliphatic hydroxyl groups excluding tert-OH is 1. The molecule has 4 heteroatoms. The Morgan fingerprint density at radius 3 is 1.52 bits per heavy atom. The Morgan fingerprint density at radius 2 is 1.07 bits per heavy atom. The van der Waals surface area contributed by atoms with E-state index in [-0.39, 0.29) is 11.5 Å². The van der Waals surface area contributed by atoms with Crippen LogP contribution in [0.15, 0.2) is 65.5 Å². The zero-order chi connectivity index (χ0) is 31.6. The predicted octanol–water partition coefficient (Wildman–Crippen LogP) is 10.5. The molecule has 0 aromatic heterocycles. The van der Waals surface area contributed by atoms with Gasteiger partial charge >= 0.3 is 0 Å². The van der Waals surface area contributed by atoms with E-state index < -0.39 is 0 Å². The normalized spacial score (nSPS) is 14.5. The molecule has 0 aliphatic heterocycles. The lowest BCUT2D eigenvalue weighted by molar-refractivity contribution is -0.527. The largest absolute Gasteiger partial charge is 0.506 e. The van der Waals surface area contributed by atoms with Crippen LogP contribution in [0.5, 0.6) is 0 Å². The van der Waals surface area contributed by atoms with E-state index >= 15 is 0 Å². The van der Waals surface area contributed by atoms with Crippen molar-refractivity contribution in [2.75, 3.05) is 31.1 Å². The summed E-state index contributed by atoms with van der Waals surface area (Å²) < 4.78 is 2.50. The Bertz CT molecular complexity index is 1140. The van der Waals surface area contributed by atoms with Crippen LogP contribution in [0.2, 0.25) is 0 Å². The molecule has 3 rings (SSSR count). The maximum Gasteiger partial charge on any atom is 0.201 e. The van der Waals surface area contributed by atoms with Crippen molar-refractivity contribution in [3.63, 3.8) is 0 Å². The highest BCUT2D eigenvalue weighted by Crippen LogP contribution is 2.39. The van der Waals surface area contributed by atoms with Crippen LogP contribution in [0.1, 0.15) is 136 Å². The fourth-order valence-electron chi connectivity index (χ4n) is 6.27. The summed E-state index contributed by atoms with van der Waals surface area (Å²) >= 11 is 0. The number of anilines is 1. The minimum absolute atomic E-state index is 0.0602. The van der Waals surface area contributed by atoms with Gasteiger partial charge in [0.2, 0.25) is 5.78 Å². The van der Waals surface area contributed by atoms with Gasteiger partial charge in [-0.25, -0.2) is 4.58 Å². The molecule has 4 nitrogen and oxygen atoms in total. The Balaban J connectivity index is 1.72. The van der Waals surface area contributed by atoms with Gasteiger partial charge in [-0.1, -0.05) is 104 Å². The third-order valence-corrected chi connectivity index (χ3v) is 9.10. The van der Waals surface area contributed by atoms with Crippen molar-refractivity contribution in [3.05, 3.63) is 71.0 Å². The summed E-state index contributed by atoms with van der Waals surface area (Å²) in [4.78, 5) is 15.8. The lowest BCUT2D eigenvalue weighted by Gasteiger charge is -2.27. The maximum absolute atomic E-state index is 13.3. The standard InChI is InChI=1S/C40H60N2O2/c1-5-9-13-17-29-41(30-18-14-10-6-2)35-25-21-33(22-26-35)37-39(43)38(40(37)44)34-23-27-36(28-24-34)42(31-19-15-11-7-3)32-20-16-12-8-4/h21-28H,5-20,29-32H2,1-4H3/p+1. The van der Waals surface area contributed by atoms with E-state index in [1.165, 1.54) is 114 Å². The molecule has 44 heavy (non-hydrogen) atoms. The first-order valence-corrected chi connectivity index (χ1v) is 18.1. The fourth-order valence-corrected chi connectivity index (χ4v) is 6.27. The molecule has 0 radical (unpaired) electrons. The summed E-state index contributed by atoms with van der Waals surface area (Å²) in [5.41, 5.74) is 4.92. The molecule has 0 bridgehead atoms. The topological polar surface area (TPSA) is 43.5 Å². The van der Waals surface area contributed by atoms with Gasteiger partial charge in [0.1, 0.15) is 18.8 Å². The van der Waals surface area contributed by atoms with Gasteiger partial charge in [-0.2, -0.15) is 0 Å². The highest BCUT2D eigenvalue weighted by Gasteiger charge is 2.36. The highest BCUT2D eigenvalue weighted by atomic mass is 16.3. The van der Waals surface area contributed by atoms with E-state index in [1.807, 2.05) is 24.3 Å². The van der Waals surface area contributed by atoms with E-state index in [0.29, 0.717) is 11.1 Å². The number of ketones is 1. The minimum atomic E-state index is -0.0602. The van der Waals surface area contributed by atoms with Crippen molar-refractivity contribution in [2.45, 2.75) is 130 Å². The lowest BCUT2D eigenvalue weighted by atomic mass is 9.80. The first-order chi connectivity index (χ1) is 21.5. The molecule has 0 heterocycles. The molecule has 0 amide bonds. The number of rotatable bonds is 22. The van der Waals surface area contributed by atoms with Crippen LogP contribution in [0.25, 0.3) is 5.57 Å². The molecule has 0 atom stereocenters. The van der Waals surface area contributed by atoms with Crippen LogP contribution in [-0.2, 0) is 4.79 Å². The second-order valence-corrected chi connectivity index (χ2v) is 12.7. The number of hydrogen-bond donors (Lipinski definition) is 1. The lowest BCUT2D eigenvalue weighted by Crippen LogP contribution is -2.26. The second kappa shape index (κ2) is 20.2. The summed E-state index contributed by atoms with van der Waals surface area (Å²) in [6.07, 6.45) is 28.3. The van der Waals surface area contributed by atoms with Crippen molar-refractivity contribution in [1.82, 2.24) is 0 Å². The summed E-state index contributed by atoms with van der Waals surface area (Å²) in [6, 6.07) is 8.29. The summed E-state index contributed by atoms with van der Waals surface area (Å²) in [6.45, 7) is 13.3. The van der Waals surface area contributed by atoms with Gasteiger partial charge in [-0.3, -0.25) is 4.79 Å². The Morgan fingerprint density at radius 1 is 0.591 bits per heavy atom. The van der Waals surface area contributed by atoms with E-state index in [2.05, 4.69) is 61.5 Å². The monoisotopic (exact) mass is 601 g/mol. The van der Waals surface area contributed by atoms with Gasteiger partial charge in [0.05, 0.1) is 11.1 Å². The van der Waals surface area contributed by atoms with Gasteiger partial charge < -0.3 is 10.0 Å². The van der Waals surface area contributed by atoms with Gasteiger partial charge in [0, 0.05) is 43.8 Å². The number of aliphatic hydroxyl groups is 1. The SMILES string of the molecule is CCCCCCN(CCCCCC)c1ccc(C2=C(O)C(=C3C=CC(=[N+](CCCCCC)CCCCCC)C=C3)C2=O)cc1. The molecular formula is C40H61N2O2+. The zero-order valence-electron chi connectivity index (χ0n) is 28.5.